The third-order valence-electron chi connectivity index (χ3n) is 3.74. The molecule has 3 aromatic rings. The Labute approximate surface area is 151 Å². The van der Waals surface area contributed by atoms with Crippen LogP contribution in [-0.4, -0.2) is 31.9 Å². The molecule has 1 aromatic carbocycles. The number of aromatic nitrogens is 3. The molecule has 5 nitrogen and oxygen atoms in total. The third kappa shape index (κ3) is 3.94. The molecule has 9 heteroatoms. The fraction of sp³-hybridized carbons (Fsp3) is 0.235. The lowest BCUT2D eigenvalue weighted by atomic mass is 10.2. The number of halogens is 3. The van der Waals surface area contributed by atoms with E-state index in [4.69, 9.17) is 4.74 Å². The minimum absolute atomic E-state index is 0.00606. The lowest BCUT2D eigenvalue weighted by Crippen LogP contribution is -2.20. The molecule has 0 aliphatic rings. The van der Waals surface area contributed by atoms with E-state index in [0.717, 1.165) is 5.52 Å². The van der Waals surface area contributed by atoms with Crippen LogP contribution in [-0.2, 0) is 16.9 Å². The van der Waals surface area contributed by atoms with Crippen molar-refractivity contribution in [2.24, 2.45) is 0 Å². The smallest absolute Gasteiger partial charge is 0.422 e. The van der Waals surface area contributed by atoms with E-state index in [0.29, 0.717) is 16.8 Å². The number of para-hydroxylation sites is 2. The molecule has 0 aliphatic carbocycles. The second-order valence-electron chi connectivity index (χ2n) is 5.59. The first-order valence-corrected chi connectivity index (χ1v) is 8.89. The zero-order chi connectivity index (χ0) is 18.9. The van der Waals surface area contributed by atoms with E-state index in [1.807, 2.05) is 18.2 Å². The van der Waals surface area contributed by atoms with Gasteiger partial charge in [0.05, 0.1) is 16.7 Å². The minimum Gasteiger partial charge on any atom is -0.609 e. The first kappa shape index (κ1) is 18.5. The number of pyridine rings is 1. The molecule has 0 N–H and O–H groups in total. The van der Waals surface area contributed by atoms with Gasteiger partial charge in [-0.3, -0.25) is 9.55 Å². The number of ether oxygens (including phenoxy) is 1. The molecular weight excluding hydrogens is 367 g/mol. The van der Waals surface area contributed by atoms with Crippen LogP contribution in [0.3, 0.4) is 0 Å². The van der Waals surface area contributed by atoms with E-state index in [2.05, 4.69) is 17.0 Å². The van der Waals surface area contributed by atoms with Gasteiger partial charge < -0.3 is 9.29 Å². The predicted octanol–water partition coefficient (Wildman–Crippen LogP) is 3.63. The SMILES string of the molecule is [CH2]n1c([S@+]([O-])Cc2nccc(OCC(F)(F)F)c2C)nc2ccccc21. The summed E-state index contributed by atoms with van der Waals surface area (Å²) in [4.78, 5) is 8.44. The summed E-state index contributed by atoms with van der Waals surface area (Å²) in [5, 5.41) is 0.272. The highest BCUT2D eigenvalue weighted by molar-refractivity contribution is 7.90. The summed E-state index contributed by atoms with van der Waals surface area (Å²) >= 11 is -1.57. The average Bonchev–Trinajstić information content (AvgIpc) is 2.92. The zero-order valence-electron chi connectivity index (χ0n) is 13.8. The summed E-state index contributed by atoms with van der Waals surface area (Å²) in [6.07, 6.45) is -3.10. The lowest BCUT2D eigenvalue weighted by Gasteiger charge is -2.14. The Morgan fingerprint density at radius 1 is 1.27 bits per heavy atom. The molecule has 2 heterocycles. The topological polar surface area (TPSA) is 63.0 Å². The van der Waals surface area contributed by atoms with E-state index in [9.17, 15) is 17.7 Å². The number of imidazole rings is 1. The standard InChI is InChI=1S/C17H15F3N3O2S/c1-11-13(21-8-7-15(11)25-10-17(18,19)20)9-26(24)16-22-12-5-3-4-6-14(12)23(16)2/h3-8H,2,9-10H2,1H3/t26-/m1/s1. The number of fused-ring (bicyclic) bond motifs is 1. The average molecular weight is 382 g/mol. The van der Waals surface area contributed by atoms with Crippen molar-refractivity contribution >= 4 is 22.2 Å². The molecule has 0 amide bonds. The summed E-state index contributed by atoms with van der Waals surface area (Å²) in [5.41, 5.74) is 2.20. The van der Waals surface area contributed by atoms with Crippen LogP contribution in [0.1, 0.15) is 11.3 Å². The van der Waals surface area contributed by atoms with Crippen LogP contribution in [0.15, 0.2) is 41.7 Å². The molecule has 0 spiro atoms. The molecule has 0 bridgehead atoms. The second-order valence-corrected chi connectivity index (χ2v) is 6.93. The largest absolute Gasteiger partial charge is 0.609 e. The molecule has 0 unspecified atom stereocenters. The van der Waals surface area contributed by atoms with Gasteiger partial charge in [0.2, 0.25) is 0 Å². The maximum atomic E-state index is 12.7. The van der Waals surface area contributed by atoms with Crippen LogP contribution in [0.2, 0.25) is 0 Å². The Hall–Kier alpha value is -2.26. The highest BCUT2D eigenvalue weighted by Gasteiger charge is 2.29. The molecule has 0 aliphatic heterocycles. The second kappa shape index (κ2) is 7.16. The van der Waals surface area contributed by atoms with Crippen molar-refractivity contribution < 1.29 is 22.5 Å². The van der Waals surface area contributed by atoms with Crippen molar-refractivity contribution in [3.63, 3.8) is 0 Å². The number of nitrogens with zero attached hydrogens (tertiary/aromatic N) is 3. The third-order valence-corrected chi connectivity index (χ3v) is 5.00. The number of rotatable bonds is 5. The molecule has 3 rings (SSSR count). The summed E-state index contributed by atoms with van der Waals surface area (Å²) < 4.78 is 56.0. The number of hydrogen-bond acceptors (Lipinski definition) is 4. The monoisotopic (exact) mass is 382 g/mol. The maximum Gasteiger partial charge on any atom is 0.422 e. The fourth-order valence-electron chi connectivity index (χ4n) is 2.44. The van der Waals surface area contributed by atoms with Gasteiger partial charge in [0.1, 0.15) is 5.75 Å². The molecule has 1 atom stereocenters. The van der Waals surface area contributed by atoms with Crippen molar-refractivity contribution in [2.75, 3.05) is 6.61 Å². The summed E-state index contributed by atoms with van der Waals surface area (Å²) in [6.45, 7) is 0.188. The van der Waals surface area contributed by atoms with Crippen molar-refractivity contribution in [3.05, 3.63) is 54.8 Å². The predicted molar refractivity (Wildman–Crippen MR) is 91.1 cm³/mol. The van der Waals surface area contributed by atoms with Crippen molar-refractivity contribution in [2.45, 2.75) is 24.0 Å². The highest BCUT2D eigenvalue weighted by atomic mass is 32.2. The van der Waals surface area contributed by atoms with Crippen LogP contribution in [0.4, 0.5) is 13.2 Å². The Kier molecular flexibility index (Phi) is 5.10. The Balaban J connectivity index is 1.82. The van der Waals surface area contributed by atoms with Gasteiger partial charge >= 0.3 is 11.3 Å². The van der Waals surface area contributed by atoms with E-state index < -0.39 is 24.0 Å². The first-order chi connectivity index (χ1) is 12.3. The lowest BCUT2D eigenvalue weighted by molar-refractivity contribution is -0.153. The molecule has 137 valence electrons. The number of benzene rings is 1. The summed E-state index contributed by atoms with van der Waals surface area (Å²) in [5.74, 6) is 0.0564. The molecular formula is C17H15F3N3O2S. The Morgan fingerprint density at radius 2 is 2.00 bits per heavy atom. The van der Waals surface area contributed by atoms with E-state index in [1.54, 1.807) is 13.0 Å². The molecule has 0 saturated carbocycles. The molecule has 2 aromatic heterocycles. The van der Waals surface area contributed by atoms with Crippen LogP contribution in [0.5, 0.6) is 5.75 Å². The van der Waals surface area contributed by atoms with Crippen molar-refractivity contribution in [1.29, 1.82) is 0 Å². The quantitative estimate of drug-likeness (QED) is 0.632. The molecule has 1 radical (unpaired) electrons. The van der Waals surface area contributed by atoms with E-state index >= 15 is 0 Å². The van der Waals surface area contributed by atoms with Gasteiger partial charge in [0.25, 0.3) is 0 Å². The van der Waals surface area contributed by atoms with Crippen molar-refractivity contribution in [1.82, 2.24) is 14.5 Å². The van der Waals surface area contributed by atoms with Gasteiger partial charge in [-0.15, -0.1) is 0 Å². The first-order valence-electron chi connectivity index (χ1n) is 7.57. The van der Waals surface area contributed by atoms with Gasteiger partial charge in [0.15, 0.2) is 12.4 Å². The summed E-state index contributed by atoms with van der Waals surface area (Å²) in [7, 11) is 3.86. The van der Waals surface area contributed by atoms with Gasteiger partial charge in [-0.2, -0.15) is 18.2 Å². The van der Waals surface area contributed by atoms with E-state index in [-0.39, 0.29) is 16.7 Å². The molecule has 0 fully saturated rings. The van der Waals surface area contributed by atoms with Crippen LogP contribution in [0.25, 0.3) is 11.0 Å². The fourth-order valence-corrected chi connectivity index (χ4v) is 3.65. The van der Waals surface area contributed by atoms with Crippen LogP contribution in [0, 0.1) is 14.0 Å². The van der Waals surface area contributed by atoms with Gasteiger partial charge in [-0.05, 0) is 25.1 Å². The highest BCUT2D eigenvalue weighted by Crippen LogP contribution is 2.26. The molecule has 0 saturated heterocycles. The normalized spacial score (nSPS) is 13.2. The van der Waals surface area contributed by atoms with E-state index in [1.165, 1.54) is 16.8 Å². The Morgan fingerprint density at radius 3 is 2.69 bits per heavy atom. The summed E-state index contributed by atoms with van der Waals surface area (Å²) in [6, 6.07) is 8.59. The van der Waals surface area contributed by atoms with Gasteiger partial charge in [0, 0.05) is 30.0 Å². The zero-order valence-corrected chi connectivity index (χ0v) is 14.6. The maximum absolute atomic E-state index is 12.7. The number of alkyl halides is 3. The Bertz CT molecular complexity index is 927. The molecule has 26 heavy (non-hydrogen) atoms. The van der Waals surface area contributed by atoms with Gasteiger partial charge in [-0.25, -0.2) is 0 Å². The van der Waals surface area contributed by atoms with Gasteiger partial charge in [-0.1, -0.05) is 12.1 Å². The minimum atomic E-state index is -4.43. The van der Waals surface area contributed by atoms with Crippen molar-refractivity contribution in [3.8, 4) is 5.75 Å². The van der Waals surface area contributed by atoms with Crippen LogP contribution < -0.4 is 4.74 Å². The number of hydrogen-bond donors (Lipinski definition) is 0. The van der Waals surface area contributed by atoms with Crippen LogP contribution >= 0.6 is 0 Å².